The third-order valence-electron chi connectivity index (χ3n) is 1.78. The van der Waals surface area contributed by atoms with E-state index in [9.17, 15) is 13.2 Å². The molecule has 0 amide bonds. The summed E-state index contributed by atoms with van der Waals surface area (Å²) in [6.45, 7) is 0. The predicted octanol–water partition coefficient (Wildman–Crippen LogP) is 2.43. The minimum atomic E-state index is -3.65. The van der Waals surface area contributed by atoms with Crippen LogP contribution in [0.5, 0.6) is 0 Å². The molecule has 8 heteroatoms. The zero-order valence-electron chi connectivity index (χ0n) is 8.48. The molecule has 0 aromatic heterocycles. The molecule has 0 fully saturated rings. The molecule has 0 bridgehead atoms. The number of hydrogen-bond acceptors (Lipinski definition) is 3. The maximum absolute atomic E-state index is 11.6. The highest BCUT2D eigenvalue weighted by Gasteiger charge is 2.14. The summed E-state index contributed by atoms with van der Waals surface area (Å²) in [5.41, 5.74) is 0.366. The maximum atomic E-state index is 11.6. The lowest BCUT2D eigenvalue weighted by atomic mass is 10.3. The Balaban J connectivity index is 2.83. The molecule has 0 aliphatic carbocycles. The first-order valence-electron chi connectivity index (χ1n) is 4.47. The molecule has 2 N–H and O–H groups in total. The molecule has 0 saturated heterocycles. The van der Waals surface area contributed by atoms with Crippen LogP contribution >= 0.6 is 31.9 Å². The third kappa shape index (κ3) is 5.05. The number of carbonyl (C=O) groups is 1. The van der Waals surface area contributed by atoms with E-state index in [2.05, 4.69) is 36.6 Å². The largest absolute Gasteiger partial charge is 0.481 e. The molecule has 0 saturated carbocycles. The van der Waals surface area contributed by atoms with Crippen molar-refractivity contribution in [3.05, 3.63) is 27.1 Å². The average molecular weight is 387 g/mol. The van der Waals surface area contributed by atoms with Crippen LogP contribution in [0.4, 0.5) is 5.69 Å². The van der Waals surface area contributed by atoms with Crippen molar-refractivity contribution >= 4 is 53.5 Å². The van der Waals surface area contributed by atoms with Gasteiger partial charge in [-0.15, -0.1) is 0 Å². The molecule has 0 aliphatic heterocycles. The Hall–Kier alpha value is -0.600. The fourth-order valence-corrected chi connectivity index (χ4v) is 2.90. The first-order valence-corrected chi connectivity index (χ1v) is 7.71. The smallest absolute Gasteiger partial charge is 0.304 e. The summed E-state index contributed by atoms with van der Waals surface area (Å²) in [6.07, 6.45) is -0.430. The van der Waals surface area contributed by atoms with Gasteiger partial charge < -0.3 is 5.11 Å². The second-order valence-electron chi connectivity index (χ2n) is 3.19. The van der Waals surface area contributed by atoms with E-state index < -0.39 is 28.2 Å². The number of sulfonamides is 1. The van der Waals surface area contributed by atoms with E-state index in [4.69, 9.17) is 5.11 Å². The lowest BCUT2D eigenvalue weighted by Gasteiger charge is -2.09. The van der Waals surface area contributed by atoms with Crippen LogP contribution in [0.2, 0.25) is 0 Å². The van der Waals surface area contributed by atoms with Crippen molar-refractivity contribution in [1.82, 2.24) is 0 Å². The number of benzene rings is 1. The Kier molecular flexibility index (Phi) is 4.96. The average Bonchev–Trinajstić information content (AvgIpc) is 2.20. The van der Waals surface area contributed by atoms with Crippen LogP contribution in [0.3, 0.4) is 0 Å². The molecule has 1 aromatic rings. The van der Waals surface area contributed by atoms with Gasteiger partial charge in [0, 0.05) is 8.95 Å². The molecular formula is C9H9Br2NO4S. The zero-order valence-corrected chi connectivity index (χ0v) is 12.5. The Labute approximate surface area is 116 Å². The normalized spacial score (nSPS) is 11.2. The molecule has 0 unspecified atom stereocenters. The van der Waals surface area contributed by atoms with Gasteiger partial charge in [-0.05, 0) is 34.1 Å². The molecule has 17 heavy (non-hydrogen) atoms. The number of hydrogen-bond donors (Lipinski definition) is 2. The minimum Gasteiger partial charge on any atom is -0.481 e. The second kappa shape index (κ2) is 5.83. The number of anilines is 1. The Morgan fingerprint density at radius 1 is 1.35 bits per heavy atom. The standard InChI is InChI=1S/C9H9Br2NO4S/c10-6-1-2-7(11)8(5-6)12-17(15,16)4-3-9(13)14/h1-2,5,12H,3-4H2,(H,13,14). The number of carboxylic acid groups (broad SMARTS) is 1. The molecule has 0 aliphatic rings. The van der Waals surface area contributed by atoms with E-state index in [1.807, 2.05) is 0 Å². The van der Waals surface area contributed by atoms with Crippen LogP contribution in [0.1, 0.15) is 6.42 Å². The lowest BCUT2D eigenvalue weighted by molar-refractivity contribution is -0.136. The van der Waals surface area contributed by atoms with E-state index in [1.165, 1.54) is 0 Å². The van der Waals surface area contributed by atoms with E-state index in [-0.39, 0.29) is 0 Å². The second-order valence-corrected chi connectivity index (χ2v) is 6.80. The Morgan fingerprint density at radius 3 is 2.59 bits per heavy atom. The summed E-state index contributed by atoms with van der Waals surface area (Å²) < 4.78 is 26.7. The van der Waals surface area contributed by atoms with E-state index in [0.717, 1.165) is 4.47 Å². The highest BCUT2D eigenvalue weighted by atomic mass is 79.9. The number of rotatable bonds is 5. The zero-order chi connectivity index (χ0) is 13.1. The van der Waals surface area contributed by atoms with Crippen LogP contribution in [-0.4, -0.2) is 25.2 Å². The molecule has 5 nitrogen and oxygen atoms in total. The minimum absolute atomic E-state index is 0.366. The van der Waals surface area contributed by atoms with Crippen molar-refractivity contribution in [3.63, 3.8) is 0 Å². The van der Waals surface area contributed by atoms with E-state index >= 15 is 0 Å². The van der Waals surface area contributed by atoms with E-state index in [0.29, 0.717) is 10.2 Å². The third-order valence-corrected chi connectivity index (χ3v) is 4.24. The van der Waals surface area contributed by atoms with Gasteiger partial charge in [-0.3, -0.25) is 9.52 Å². The number of aliphatic carboxylic acids is 1. The molecule has 0 atom stereocenters. The van der Waals surface area contributed by atoms with E-state index in [1.54, 1.807) is 18.2 Å². The van der Waals surface area contributed by atoms with Crippen molar-refractivity contribution in [2.24, 2.45) is 0 Å². The summed E-state index contributed by atoms with van der Waals surface area (Å²) in [6, 6.07) is 5.01. The Bertz CT molecular complexity index is 530. The summed E-state index contributed by atoms with van der Waals surface area (Å²) in [4.78, 5) is 10.3. The quantitative estimate of drug-likeness (QED) is 0.813. The van der Waals surface area contributed by atoms with Crippen LogP contribution < -0.4 is 4.72 Å². The van der Waals surface area contributed by atoms with Gasteiger partial charge in [0.25, 0.3) is 0 Å². The molecule has 0 heterocycles. The summed E-state index contributed by atoms with van der Waals surface area (Å²) in [7, 11) is -3.65. The molecule has 0 radical (unpaired) electrons. The monoisotopic (exact) mass is 385 g/mol. The van der Waals surface area contributed by atoms with Gasteiger partial charge in [-0.1, -0.05) is 15.9 Å². The van der Waals surface area contributed by atoms with Gasteiger partial charge in [0.15, 0.2) is 0 Å². The highest BCUT2D eigenvalue weighted by molar-refractivity contribution is 9.11. The van der Waals surface area contributed by atoms with Crippen molar-refractivity contribution < 1.29 is 18.3 Å². The molecular weight excluding hydrogens is 378 g/mol. The molecule has 1 aromatic carbocycles. The van der Waals surface area contributed by atoms with Crippen molar-refractivity contribution in [2.75, 3.05) is 10.5 Å². The van der Waals surface area contributed by atoms with Gasteiger partial charge in [-0.2, -0.15) is 0 Å². The summed E-state index contributed by atoms with van der Waals surface area (Å²) in [5.74, 6) is -1.61. The fourth-order valence-electron chi connectivity index (χ4n) is 1.02. The first kappa shape index (κ1) is 14.5. The van der Waals surface area contributed by atoms with Crippen LogP contribution in [0, 0.1) is 0 Å². The predicted molar refractivity (Wildman–Crippen MR) is 71.5 cm³/mol. The summed E-state index contributed by atoms with van der Waals surface area (Å²) >= 11 is 6.42. The number of halogens is 2. The molecule has 94 valence electrons. The molecule has 1 rings (SSSR count). The SMILES string of the molecule is O=C(O)CCS(=O)(=O)Nc1cc(Br)ccc1Br. The number of nitrogens with one attached hydrogen (secondary N) is 1. The van der Waals surface area contributed by atoms with Gasteiger partial charge >= 0.3 is 5.97 Å². The first-order chi connectivity index (χ1) is 7.80. The van der Waals surface area contributed by atoms with Crippen LogP contribution in [0.15, 0.2) is 27.1 Å². The van der Waals surface area contributed by atoms with Crippen molar-refractivity contribution in [1.29, 1.82) is 0 Å². The maximum Gasteiger partial charge on any atom is 0.304 e. The van der Waals surface area contributed by atoms with Crippen molar-refractivity contribution in [2.45, 2.75) is 6.42 Å². The van der Waals surface area contributed by atoms with Gasteiger partial charge in [0.05, 0.1) is 17.9 Å². The van der Waals surface area contributed by atoms with Gasteiger partial charge in [0.2, 0.25) is 10.0 Å². The molecule has 0 spiro atoms. The number of carboxylic acids is 1. The summed E-state index contributed by atoms with van der Waals surface area (Å²) in [5, 5.41) is 8.43. The Morgan fingerprint density at radius 2 is 2.00 bits per heavy atom. The van der Waals surface area contributed by atoms with Crippen molar-refractivity contribution in [3.8, 4) is 0 Å². The van der Waals surface area contributed by atoms with Crippen LogP contribution in [-0.2, 0) is 14.8 Å². The highest BCUT2D eigenvalue weighted by Crippen LogP contribution is 2.27. The van der Waals surface area contributed by atoms with Gasteiger partial charge in [0.1, 0.15) is 0 Å². The van der Waals surface area contributed by atoms with Gasteiger partial charge in [-0.25, -0.2) is 8.42 Å². The lowest BCUT2D eigenvalue weighted by Crippen LogP contribution is -2.19. The topological polar surface area (TPSA) is 83.5 Å². The fraction of sp³-hybridized carbons (Fsp3) is 0.222. The van der Waals surface area contributed by atoms with Crippen LogP contribution in [0.25, 0.3) is 0 Å².